The third-order valence-corrected chi connectivity index (χ3v) is 2.31. The second kappa shape index (κ2) is 4.84. The number of sulfonamides is 1. The van der Waals surface area contributed by atoms with Gasteiger partial charge in [-0.15, -0.1) is 0 Å². The molecule has 0 atom stereocenters. The van der Waals surface area contributed by atoms with Crippen molar-refractivity contribution in [1.29, 1.82) is 0 Å². The molecule has 0 aromatic carbocycles. The molecule has 0 unspecified atom stereocenters. The molecule has 82 valence electrons. The van der Waals surface area contributed by atoms with Crippen molar-refractivity contribution >= 4 is 16.1 Å². The van der Waals surface area contributed by atoms with Crippen molar-refractivity contribution in [2.45, 2.75) is 6.42 Å². The van der Waals surface area contributed by atoms with Crippen molar-refractivity contribution in [3.63, 3.8) is 0 Å². The summed E-state index contributed by atoms with van der Waals surface area (Å²) in [6.07, 6.45) is -3.59. The van der Waals surface area contributed by atoms with E-state index in [-0.39, 0.29) is 0 Å². The second-order valence-electron chi connectivity index (χ2n) is 2.20. The molecule has 14 heavy (non-hydrogen) atoms. The molecule has 0 bridgehead atoms. The van der Waals surface area contributed by atoms with Crippen LogP contribution in [-0.4, -0.2) is 20.2 Å². The van der Waals surface area contributed by atoms with Crippen molar-refractivity contribution < 1.29 is 26.4 Å². The van der Waals surface area contributed by atoms with Crippen LogP contribution in [0, 0.1) is 0 Å². The lowest BCUT2D eigenvalue weighted by molar-refractivity contribution is 0.253. The van der Waals surface area contributed by atoms with E-state index in [1.165, 1.54) is 4.72 Å². The lowest BCUT2D eigenvalue weighted by Gasteiger charge is -2.01. The van der Waals surface area contributed by atoms with Gasteiger partial charge in [-0.3, -0.25) is 0 Å². The van der Waals surface area contributed by atoms with E-state index in [0.29, 0.717) is 0 Å². The summed E-state index contributed by atoms with van der Waals surface area (Å²) >= 11 is 0. The fourth-order valence-corrected chi connectivity index (χ4v) is 1.38. The Bertz CT molecular complexity index is 347. The van der Waals surface area contributed by atoms with Gasteiger partial charge in [0, 0.05) is 6.42 Å². The number of allylic oxidation sites excluding steroid dienone is 1. The largest absolute Gasteiger partial charge is 0.351 e. The summed E-state index contributed by atoms with van der Waals surface area (Å²) in [6, 6.07) is -1.35. The lowest BCUT2D eigenvalue weighted by Crippen LogP contribution is -2.36. The second-order valence-corrected chi connectivity index (χ2v) is 4.04. The fourth-order valence-electron chi connectivity index (χ4n) is 0.523. The van der Waals surface area contributed by atoms with Crippen LogP contribution in [0.4, 0.5) is 18.0 Å². The average molecular weight is 232 g/mol. The van der Waals surface area contributed by atoms with Gasteiger partial charge >= 0.3 is 12.1 Å². The normalized spacial score (nSPS) is 10.8. The molecule has 0 rings (SSSR count). The van der Waals surface area contributed by atoms with Crippen molar-refractivity contribution in [2.24, 2.45) is 5.73 Å². The molecular weight excluding hydrogens is 225 g/mol. The van der Waals surface area contributed by atoms with E-state index in [1.54, 1.807) is 0 Å². The van der Waals surface area contributed by atoms with Gasteiger partial charge in [0.2, 0.25) is 10.0 Å². The highest BCUT2D eigenvalue weighted by Gasteiger charge is 2.15. The van der Waals surface area contributed by atoms with Gasteiger partial charge < -0.3 is 5.73 Å². The number of carbonyl (C=O) groups excluding carboxylic acids is 1. The van der Waals surface area contributed by atoms with Gasteiger partial charge in [0.15, 0.2) is 5.83 Å². The van der Waals surface area contributed by atoms with Gasteiger partial charge in [-0.2, -0.15) is 8.78 Å². The van der Waals surface area contributed by atoms with Crippen LogP contribution >= 0.6 is 0 Å². The summed E-state index contributed by atoms with van der Waals surface area (Å²) < 4.78 is 57.8. The number of nitrogens with two attached hydrogens (primary N) is 1. The Morgan fingerprint density at radius 1 is 1.29 bits per heavy atom. The standard InChI is InChI=1S/C5H7F3N2O3S/c6-3(4(7)8)1-2-14(12,13)10-5(9)11/h1-2H2,(H3,9,10,11). The van der Waals surface area contributed by atoms with Crippen LogP contribution in [0.5, 0.6) is 0 Å². The van der Waals surface area contributed by atoms with Crippen molar-refractivity contribution in [2.75, 3.05) is 5.75 Å². The SMILES string of the molecule is NC(=O)NS(=O)(=O)CCC(F)=C(F)F. The molecule has 5 nitrogen and oxygen atoms in total. The van der Waals surface area contributed by atoms with Crippen LogP contribution < -0.4 is 10.5 Å². The van der Waals surface area contributed by atoms with Crippen LogP contribution in [0.2, 0.25) is 0 Å². The molecule has 0 aliphatic heterocycles. The van der Waals surface area contributed by atoms with Crippen LogP contribution in [-0.2, 0) is 10.0 Å². The van der Waals surface area contributed by atoms with E-state index in [0.717, 1.165) is 0 Å². The van der Waals surface area contributed by atoms with Gasteiger partial charge in [-0.05, 0) is 0 Å². The molecule has 0 saturated heterocycles. The van der Waals surface area contributed by atoms with E-state index < -0.39 is 40.1 Å². The first-order valence-corrected chi connectivity index (χ1v) is 4.89. The van der Waals surface area contributed by atoms with Gasteiger partial charge in [-0.25, -0.2) is 22.3 Å². The van der Waals surface area contributed by atoms with Crippen molar-refractivity contribution in [3.8, 4) is 0 Å². The first-order chi connectivity index (χ1) is 6.24. The summed E-state index contributed by atoms with van der Waals surface area (Å²) in [7, 11) is -4.14. The van der Waals surface area contributed by atoms with Crippen molar-refractivity contribution in [3.05, 3.63) is 11.9 Å². The van der Waals surface area contributed by atoms with E-state index >= 15 is 0 Å². The Balaban J connectivity index is 4.28. The zero-order valence-corrected chi connectivity index (χ0v) is 7.57. The Morgan fingerprint density at radius 3 is 2.14 bits per heavy atom. The zero-order chi connectivity index (χ0) is 11.4. The maximum absolute atomic E-state index is 12.1. The summed E-state index contributed by atoms with van der Waals surface area (Å²) in [5.41, 5.74) is 4.46. The molecule has 0 spiro atoms. The number of carbonyl (C=O) groups is 1. The Kier molecular flexibility index (Phi) is 4.41. The zero-order valence-electron chi connectivity index (χ0n) is 6.76. The molecule has 0 heterocycles. The third-order valence-electron chi connectivity index (χ3n) is 1.05. The van der Waals surface area contributed by atoms with E-state index in [1.807, 2.05) is 0 Å². The van der Waals surface area contributed by atoms with E-state index in [9.17, 15) is 26.4 Å². The molecule has 0 radical (unpaired) electrons. The minimum Gasteiger partial charge on any atom is -0.351 e. The molecule has 0 aromatic rings. The number of hydrogen-bond acceptors (Lipinski definition) is 3. The number of hydrogen-bond donors (Lipinski definition) is 2. The summed E-state index contributed by atoms with van der Waals surface area (Å²) in [5, 5.41) is 0. The molecular formula is C5H7F3N2O3S. The summed E-state index contributed by atoms with van der Waals surface area (Å²) in [5.74, 6) is -2.81. The molecule has 0 aromatic heterocycles. The van der Waals surface area contributed by atoms with Gasteiger partial charge in [0.25, 0.3) is 0 Å². The smallest absolute Gasteiger partial charge is 0.325 e. The van der Waals surface area contributed by atoms with E-state index in [4.69, 9.17) is 0 Å². The van der Waals surface area contributed by atoms with Crippen molar-refractivity contribution in [1.82, 2.24) is 4.72 Å². The van der Waals surface area contributed by atoms with Crippen LogP contribution in [0.25, 0.3) is 0 Å². The number of primary amides is 1. The molecule has 0 aliphatic carbocycles. The number of amides is 2. The predicted octanol–water partition coefficient (Wildman–Crippen LogP) is 0.452. The highest BCUT2D eigenvalue weighted by Crippen LogP contribution is 2.13. The quantitative estimate of drug-likeness (QED) is 0.737. The fraction of sp³-hybridized carbons (Fsp3) is 0.400. The Morgan fingerprint density at radius 2 is 1.79 bits per heavy atom. The molecule has 0 aliphatic rings. The third kappa shape index (κ3) is 5.41. The maximum Gasteiger partial charge on any atom is 0.325 e. The van der Waals surface area contributed by atoms with Crippen LogP contribution in [0.3, 0.4) is 0 Å². The first kappa shape index (κ1) is 12.8. The summed E-state index contributed by atoms with van der Waals surface area (Å²) in [6.45, 7) is 0. The number of halogens is 3. The van der Waals surface area contributed by atoms with Crippen LogP contribution in [0.1, 0.15) is 6.42 Å². The molecule has 0 saturated carbocycles. The maximum atomic E-state index is 12.1. The number of nitrogens with one attached hydrogen (secondary N) is 1. The monoisotopic (exact) mass is 232 g/mol. The van der Waals surface area contributed by atoms with E-state index in [2.05, 4.69) is 5.73 Å². The molecule has 2 amide bonds. The van der Waals surface area contributed by atoms with Gasteiger partial charge in [-0.1, -0.05) is 0 Å². The molecule has 3 N–H and O–H groups in total. The number of rotatable bonds is 4. The summed E-state index contributed by atoms with van der Waals surface area (Å²) in [4.78, 5) is 10.1. The minimum atomic E-state index is -4.14. The predicted molar refractivity (Wildman–Crippen MR) is 41.5 cm³/mol. The lowest BCUT2D eigenvalue weighted by atomic mass is 10.4. The Hall–Kier alpha value is -1.25. The molecule has 0 fully saturated rings. The highest BCUT2D eigenvalue weighted by molar-refractivity contribution is 7.90. The topological polar surface area (TPSA) is 89.3 Å². The van der Waals surface area contributed by atoms with Crippen LogP contribution in [0.15, 0.2) is 11.9 Å². The highest BCUT2D eigenvalue weighted by atomic mass is 32.2. The van der Waals surface area contributed by atoms with Gasteiger partial charge in [0.1, 0.15) is 0 Å². The Labute approximate surface area is 77.8 Å². The molecule has 9 heteroatoms. The minimum absolute atomic E-state index is 0.973. The van der Waals surface area contributed by atoms with Gasteiger partial charge in [0.05, 0.1) is 5.75 Å². The number of urea groups is 1. The first-order valence-electron chi connectivity index (χ1n) is 3.24. The average Bonchev–Trinajstić information content (AvgIpc) is 1.97.